The molecule has 0 spiro atoms. The second kappa shape index (κ2) is 5.37. The molecule has 1 aromatic heterocycles. The maximum absolute atomic E-state index is 12.2. The van der Waals surface area contributed by atoms with Crippen LogP contribution in [0, 0.1) is 0 Å². The summed E-state index contributed by atoms with van der Waals surface area (Å²) in [6.45, 7) is 6.35. The minimum absolute atomic E-state index is 0.0413. The van der Waals surface area contributed by atoms with E-state index in [2.05, 4.69) is 4.98 Å². The van der Waals surface area contributed by atoms with Crippen molar-refractivity contribution in [2.24, 2.45) is 0 Å². The van der Waals surface area contributed by atoms with Gasteiger partial charge in [0, 0.05) is 12.7 Å². The first-order valence-corrected chi connectivity index (χ1v) is 6.86. The van der Waals surface area contributed by atoms with Crippen molar-refractivity contribution in [3.8, 4) is 0 Å². The topological polar surface area (TPSA) is 42.4 Å². The first-order chi connectivity index (χ1) is 8.87. The third-order valence-corrected chi connectivity index (χ3v) is 3.24. The van der Waals surface area contributed by atoms with Crippen LogP contribution in [0.1, 0.15) is 45.2 Å². The lowest BCUT2D eigenvalue weighted by molar-refractivity contribution is 0.0224. The molecular formula is C14H19ClN2O2. The van der Waals surface area contributed by atoms with Crippen molar-refractivity contribution in [2.45, 2.75) is 45.3 Å². The van der Waals surface area contributed by atoms with E-state index in [9.17, 15) is 4.79 Å². The number of carbonyl (C=O) groups excluding carboxylic acids is 1. The number of pyridine rings is 1. The largest absolute Gasteiger partial charge is 0.444 e. The van der Waals surface area contributed by atoms with Crippen molar-refractivity contribution in [3.63, 3.8) is 0 Å². The summed E-state index contributed by atoms with van der Waals surface area (Å²) in [5.74, 6) is 0. The fraction of sp³-hybridized carbons (Fsp3) is 0.571. The minimum Gasteiger partial charge on any atom is -0.444 e. The molecule has 2 heterocycles. The normalized spacial score (nSPS) is 19.6. The van der Waals surface area contributed by atoms with Gasteiger partial charge < -0.3 is 9.64 Å². The summed E-state index contributed by atoms with van der Waals surface area (Å²) >= 11 is 5.79. The smallest absolute Gasteiger partial charge is 0.410 e. The van der Waals surface area contributed by atoms with Crippen molar-refractivity contribution in [2.75, 3.05) is 6.54 Å². The van der Waals surface area contributed by atoms with Crippen LogP contribution >= 0.6 is 11.6 Å². The van der Waals surface area contributed by atoms with Gasteiger partial charge in [-0.05, 0) is 45.2 Å². The summed E-state index contributed by atoms with van der Waals surface area (Å²) in [7, 11) is 0. The van der Waals surface area contributed by atoms with Crippen LogP contribution in [0.2, 0.25) is 5.15 Å². The van der Waals surface area contributed by atoms with Crippen LogP contribution in [-0.2, 0) is 4.74 Å². The zero-order chi connectivity index (χ0) is 14.0. The number of ether oxygens (including phenoxy) is 1. The average molecular weight is 283 g/mol. The third kappa shape index (κ3) is 3.60. The summed E-state index contributed by atoms with van der Waals surface area (Å²) in [4.78, 5) is 18.0. The monoisotopic (exact) mass is 282 g/mol. The van der Waals surface area contributed by atoms with Gasteiger partial charge in [-0.1, -0.05) is 17.7 Å². The number of hydrogen-bond donors (Lipinski definition) is 0. The van der Waals surface area contributed by atoms with E-state index in [-0.39, 0.29) is 12.1 Å². The highest BCUT2D eigenvalue weighted by Crippen LogP contribution is 2.33. The number of rotatable bonds is 1. The SMILES string of the molecule is CC(C)(C)OC(=O)N1CCC[C@H]1c1ccc(Cl)nc1. The summed E-state index contributed by atoms with van der Waals surface area (Å²) in [6.07, 6.45) is 3.38. The Bertz CT molecular complexity index is 454. The van der Waals surface area contributed by atoms with Crippen LogP contribution in [0.5, 0.6) is 0 Å². The standard InChI is InChI=1S/C14H19ClN2O2/c1-14(2,3)19-13(18)17-8-4-5-11(17)10-6-7-12(15)16-9-10/h6-7,9,11H,4-5,8H2,1-3H3/t11-/m0/s1. The highest BCUT2D eigenvalue weighted by atomic mass is 35.5. The molecule has 19 heavy (non-hydrogen) atoms. The maximum atomic E-state index is 12.2. The fourth-order valence-electron chi connectivity index (χ4n) is 2.24. The Hall–Kier alpha value is -1.29. The van der Waals surface area contributed by atoms with E-state index < -0.39 is 5.60 Å². The molecule has 1 amide bonds. The van der Waals surface area contributed by atoms with Crippen LogP contribution in [0.25, 0.3) is 0 Å². The minimum atomic E-state index is -0.470. The molecular weight excluding hydrogens is 264 g/mol. The Morgan fingerprint density at radius 3 is 2.79 bits per heavy atom. The molecule has 0 saturated carbocycles. The van der Waals surface area contributed by atoms with Gasteiger partial charge in [0.25, 0.3) is 0 Å². The zero-order valence-corrected chi connectivity index (χ0v) is 12.3. The van der Waals surface area contributed by atoms with Crippen LogP contribution in [0.15, 0.2) is 18.3 Å². The van der Waals surface area contributed by atoms with Gasteiger partial charge in [-0.25, -0.2) is 9.78 Å². The number of carbonyl (C=O) groups is 1. The molecule has 1 aliphatic heterocycles. The van der Waals surface area contributed by atoms with Crippen molar-refractivity contribution in [3.05, 3.63) is 29.0 Å². The molecule has 2 rings (SSSR count). The molecule has 1 aliphatic rings. The number of likely N-dealkylation sites (tertiary alicyclic amines) is 1. The predicted molar refractivity (Wildman–Crippen MR) is 74.2 cm³/mol. The van der Waals surface area contributed by atoms with Crippen LogP contribution < -0.4 is 0 Å². The molecule has 104 valence electrons. The van der Waals surface area contributed by atoms with E-state index in [0.717, 1.165) is 24.9 Å². The molecule has 1 fully saturated rings. The number of hydrogen-bond acceptors (Lipinski definition) is 3. The van der Waals surface area contributed by atoms with Gasteiger partial charge in [0.15, 0.2) is 0 Å². The lowest BCUT2D eigenvalue weighted by atomic mass is 10.1. The van der Waals surface area contributed by atoms with Crippen molar-refractivity contribution in [1.29, 1.82) is 0 Å². The zero-order valence-electron chi connectivity index (χ0n) is 11.5. The average Bonchev–Trinajstić information content (AvgIpc) is 2.76. The first kappa shape index (κ1) is 14.1. The van der Waals surface area contributed by atoms with Gasteiger partial charge in [0.2, 0.25) is 0 Å². The van der Waals surface area contributed by atoms with Gasteiger partial charge in [0.1, 0.15) is 10.8 Å². The number of aromatic nitrogens is 1. The maximum Gasteiger partial charge on any atom is 0.410 e. The van der Waals surface area contributed by atoms with E-state index in [4.69, 9.17) is 16.3 Å². The molecule has 0 N–H and O–H groups in total. The highest BCUT2D eigenvalue weighted by Gasteiger charge is 2.33. The molecule has 0 radical (unpaired) electrons. The number of halogens is 1. The van der Waals surface area contributed by atoms with Gasteiger partial charge >= 0.3 is 6.09 Å². The predicted octanol–water partition coefficient (Wildman–Crippen LogP) is 3.81. The molecule has 0 aliphatic carbocycles. The van der Waals surface area contributed by atoms with E-state index >= 15 is 0 Å². The molecule has 5 heteroatoms. The quantitative estimate of drug-likeness (QED) is 0.736. The second-order valence-electron chi connectivity index (χ2n) is 5.75. The summed E-state index contributed by atoms with van der Waals surface area (Å²) in [5.41, 5.74) is 0.537. The van der Waals surface area contributed by atoms with E-state index in [1.165, 1.54) is 0 Å². The third-order valence-electron chi connectivity index (χ3n) is 3.02. The summed E-state index contributed by atoms with van der Waals surface area (Å²) in [6, 6.07) is 3.71. The summed E-state index contributed by atoms with van der Waals surface area (Å²) < 4.78 is 5.44. The summed E-state index contributed by atoms with van der Waals surface area (Å²) in [5, 5.41) is 0.463. The van der Waals surface area contributed by atoms with Crippen molar-refractivity contribution >= 4 is 17.7 Å². The molecule has 0 bridgehead atoms. The van der Waals surface area contributed by atoms with E-state index in [1.807, 2.05) is 26.8 Å². The Balaban J connectivity index is 2.12. The lowest BCUT2D eigenvalue weighted by Crippen LogP contribution is -2.36. The highest BCUT2D eigenvalue weighted by molar-refractivity contribution is 6.29. The molecule has 1 atom stereocenters. The van der Waals surface area contributed by atoms with Crippen LogP contribution in [0.3, 0.4) is 0 Å². The Kier molecular flexibility index (Phi) is 3.99. The van der Waals surface area contributed by atoms with Crippen molar-refractivity contribution < 1.29 is 9.53 Å². The molecule has 4 nitrogen and oxygen atoms in total. The molecule has 0 aromatic carbocycles. The van der Waals surface area contributed by atoms with E-state index in [1.54, 1.807) is 17.2 Å². The van der Waals surface area contributed by atoms with Gasteiger partial charge in [-0.2, -0.15) is 0 Å². The van der Waals surface area contributed by atoms with Crippen molar-refractivity contribution in [1.82, 2.24) is 9.88 Å². The van der Waals surface area contributed by atoms with Crippen LogP contribution in [-0.4, -0.2) is 28.1 Å². The molecule has 0 unspecified atom stereocenters. The van der Waals surface area contributed by atoms with Gasteiger partial charge in [0.05, 0.1) is 6.04 Å². The molecule has 1 saturated heterocycles. The fourth-order valence-corrected chi connectivity index (χ4v) is 2.35. The Morgan fingerprint density at radius 1 is 1.47 bits per heavy atom. The van der Waals surface area contributed by atoms with Gasteiger partial charge in [-0.15, -0.1) is 0 Å². The number of nitrogens with zero attached hydrogens (tertiary/aromatic N) is 2. The number of amides is 1. The molecule has 1 aromatic rings. The van der Waals surface area contributed by atoms with Gasteiger partial charge in [-0.3, -0.25) is 0 Å². The first-order valence-electron chi connectivity index (χ1n) is 6.48. The Morgan fingerprint density at radius 2 is 2.21 bits per heavy atom. The van der Waals surface area contributed by atoms with E-state index in [0.29, 0.717) is 5.15 Å². The lowest BCUT2D eigenvalue weighted by Gasteiger charge is -2.28. The second-order valence-corrected chi connectivity index (χ2v) is 6.13. The Labute approximate surface area is 118 Å². The van der Waals surface area contributed by atoms with Crippen LogP contribution in [0.4, 0.5) is 4.79 Å².